The van der Waals surface area contributed by atoms with E-state index in [1.54, 1.807) is 7.11 Å². The maximum atomic E-state index is 5.54. The van der Waals surface area contributed by atoms with Crippen LogP contribution in [0.5, 0.6) is 5.75 Å². The van der Waals surface area contributed by atoms with E-state index in [1.807, 2.05) is 19.2 Å². The van der Waals surface area contributed by atoms with Crippen molar-refractivity contribution >= 4 is 11.6 Å². The zero-order valence-corrected chi connectivity index (χ0v) is 19.8. The van der Waals surface area contributed by atoms with Gasteiger partial charge in [0.15, 0.2) is 5.96 Å². The summed E-state index contributed by atoms with van der Waals surface area (Å²) >= 11 is 0. The number of methoxy groups -OCH3 is 1. The third-order valence-electron chi connectivity index (χ3n) is 6.30. The minimum Gasteiger partial charge on any atom is -0.495 e. The minimum absolute atomic E-state index is 0.509. The summed E-state index contributed by atoms with van der Waals surface area (Å²) in [5, 5.41) is 7.14. The Morgan fingerprint density at radius 3 is 2.68 bits per heavy atom. The average molecular weight is 432 g/mol. The lowest BCUT2D eigenvalue weighted by molar-refractivity contribution is 0.0132. The summed E-state index contributed by atoms with van der Waals surface area (Å²) in [5.41, 5.74) is 1.19. The van der Waals surface area contributed by atoms with E-state index in [-0.39, 0.29) is 0 Å². The van der Waals surface area contributed by atoms with E-state index < -0.39 is 0 Å². The van der Waals surface area contributed by atoms with Crippen LogP contribution in [0.2, 0.25) is 0 Å². The van der Waals surface area contributed by atoms with Crippen LogP contribution >= 0.6 is 0 Å². The normalized spacial score (nSPS) is 21.4. The van der Waals surface area contributed by atoms with Crippen molar-refractivity contribution in [3.8, 4) is 5.75 Å². The lowest BCUT2D eigenvalue weighted by Gasteiger charge is -2.35. The van der Waals surface area contributed by atoms with Crippen LogP contribution in [0.1, 0.15) is 26.7 Å². The first-order valence-corrected chi connectivity index (χ1v) is 11.7. The molecule has 3 rings (SSSR count). The highest BCUT2D eigenvalue weighted by atomic mass is 16.5. The molecular weight excluding hydrogens is 390 g/mol. The van der Waals surface area contributed by atoms with E-state index in [9.17, 15) is 0 Å². The van der Waals surface area contributed by atoms with E-state index in [4.69, 9.17) is 9.47 Å². The topological polar surface area (TPSA) is 61.4 Å². The molecule has 0 aromatic heterocycles. The van der Waals surface area contributed by atoms with Crippen LogP contribution in [0.4, 0.5) is 5.69 Å². The van der Waals surface area contributed by atoms with Crippen molar-refractivity contribution in [1.82, 2.24) is 15.5 Å². The van der Waals surface area contributed by atoms with Crippen LogP contribution in [0, 0.1) is 11.8 Å². The molecule has 2 fully saturated rings. The Bertz CT molecular complexity index is 690. The molecule has 2 aliphatic heterocycles. The highest BCUT2D eigenvalue weighted by molar-refractivity contribution is 5.79. The second-order valence-electron chi connectivity index (χ2n) is 9.04. The molecule has 2 heterocycles. The highest BCUT2D eigenvalue weighted by Gasteiger charge is 2.25. The number of ether oxygens (including phenoxy) is 2. The first kappa shape index (κ1) is 23.7. The molecule has 0 bridgehead atoms. The van der Waals surface area contributed by atoms with Gasteiger partial charge >= 0.3 is 0 Å². The Balaban J connectivity index is 1.46. The van der Waals surface area contributed by atoms with Gasteiger partial charge in [-0.15, -0.1) is 0 Å². The van der Waals surface area contributed by atoms with E-state index >= 15 is 0 Å². The standard InChI is InChI=1S/C24H41N5O2/c1-19(2)15-21(28-11-13-31-14-12-28)17-27-24(25-3)26-16-20-9-10-29(18-20)22-7-5-6-8-23(22)30-4/h5-8,19-21H,9-18H2,1-4H3,(H2,25,26,27). The SMILES string of the molecule is CN=C(NCC1CCN(c2ccccc2OC)C1)NCC(CC(C)C)N1CCOCC1. The van der Waals surface area contributed by atoms with Crippen molar-refractivity contribution in [2.45, 2.75) is 32.7 Å². The molecule has 2 unspecified atom stereocenters. The zero-order chi connectivity index (χ0) is 22.1. The Morgan fingerprint density at radius 2 is 1.97 bits per heavy atom. The molecule has 2 atom stereocenters. The highest BCUT2D eigenvalue weighted by Crippen LogP contribution is 2.31. The number of guanidine groups is 1. The number of aliphatic imine (C=N–C) groups is 1. The van der Waals surface area contributed by atoms with E-state index in [2.05, 4.69) is 51.4 Å². The van der Waals surface area contributed by atoms with Crippen molar-refractivity contribution in [1.29, 1.82) is 0 Å². The second kappa shape index (κ2) is 12.2. The summed E-state index contributed by atoms with van der Waals surface area (Å²) in [5.74, 6) is 3.11. The molecular formula is C24H41N5O2. The van der Waals surface area contributed by atoms with Gasteiger partial charge in [-0.3, -0.25) is 9.89 Å². The smallest absolute Gasteiger partial charge is 0.191 e. The lowest BCUT2D eigenvalue weighted by atomic mass is 10.0. The van der Waals surface area contributed by atoms with Gasteiger partial charge in [-0.25, -0.2) is 0 Å². The fourth-order valence-electron chi connectivity index (χ4n) is 4.63. The monoisotopic (exact) mass is 431 g/mol. The van der Waals surface area contributed by atoms with Gasteiger partial charge in [-0.2, -0.15) is 0 Å². The van der Waals surface area contributed by atoms with Gasteiger partial charge in [-0.05, 0) is 36.8 Å². The van der Waals surface area contributed by atoms with Gasteiger partial charge < -0.3 is 25.0 Å². The number of nitrogens with one attached hydrogen (secondary N) is 2. The van der Waals surface area contributed by atoms with Crippen molar-refractivity contribution < 1.29 is 9.47 Å². The molecule has 2 saturated heterocycles. The number of para-hydroxylation sites is 2. The summed E-state index contributed by atoms with van der Waals surface area (Å²) in [6, 6.07) is 8.80. The fourth-order valence-corrected chi connectivity index (χ4v) is 4.63. The van der Waals surface area contributed by atoms with E-state index in [1.165, 1.54) is 18.5 Å². The molecule has 1 aromatic carbocycles. The molecule has 0 radical (unpaired) electrons. The average Bonchev–Trinajstić information content (AvgIpc) is 3.27. The molecule has 2 aliphatic rings. The minimum atomic E-state index is 0.509. The number of morpholine rings is 1. The van der Waals surface area contributed by atoms with Crippen molar-refractivity contribution in [2.24, 2.45) is 16.8 Å². The summed E-state index contributed by atoms with van der Waals surface area (Å²) in [7, 11) is 3.60. The van der Waals surface area contributed by atoms with Gasteiger partial charge in [0, 0.05) is 52.4 Å². The molecule has 0 amide bonds. The number of hydrogen-bond acceptors (Lipinski definition) is 5. The number of anilines is 1. The summed E-state index contributed by atoms with van der Waals surface area (Å²) in [4.78, 5) is 9.46. The zero-order valence-electron chi connectivity index (χ0n) is 19.8. The third-order valence-corrected chi connectivity index (χ3v) is 6.30. The fraction of sp³-hybridized carbons (Fsp3) is 0.708. The number of benzene rings is 1. The first-order valence-electron chi connectivity index (χ1n) is 11.7. The van der Waals surface area contributed by atoms with Gasteiger partial charge in [-0.1, -0.05) is 26.0 Å². The Labute approximate surface area is 188 Å². The van der Waals surface area contributed by atoms with Crippen molar-refractivity contribution in [3.63, 3.8) is 0 Å². The number of rotatable bonds is 9. The lowest BCUT2D eigenvalue weighted by Crippen LogP contribution is -2.51. The van der Waals surface area contributed by atoms with E-state index in [0.29, 0.717) is 17.9 Å². The number of nitrogens with zero attached hydrogens (tertiary/aromatic N) is 3. The molecule has 0 aliphatic carbocycles. The maximum absolute atomic E-state index is 5.54. The Kier molecular flexibility index (Phi) is 9.28. The molecule has 0 spiro atoms. The first-order chi connectivity index (χ1) is 15.1. The molecule has 31 heavy (non-hydrogen) atoms. The van der Waals surface area contributed by atoms with Crippen LogP contribution in [-0.4, -0.2) is 83.5 Å². The van der Waals surface area contributed by atoms with Crippen LogP contribution in [0.3, 0.4) is 0 Å². The third kappa shape index (κ3) is 7.01. The summed E-state index contributed by atoms with van der Waals surface area (Å²) < 4.78 is 11.1. The summed E-state index contributed by atoms with van der Waals surface area (Å²) in [6.45, 7) is 12.3. The molecule has 0 saturated carbocycles. The molecule has 2 N–H and O–H groups in total. The van der Waals surface area contributed by atoms with Gasteiger partial charge in [0.2, 0.25) is 0 Å². The Hall–Kier alpha value is -1.99. The molecule has 1 aromatic rings. The van der Waals surface area contributed by atoms with E-state index in [0.717, 1.165) is 64.2 Å². The van der Waals surface area contributed by atoms with Gasteiger partial charge in [0.1, 0.15) is 5.75 Å². The van der Waals surface area contributed by atoms with Crippen LogP contribution in [0.15, 0.2) is 29.3 Å². The van der Waals surface area contributed by atoms with Crippen LogP contribution in [-0.2, 0) is 4.74 Å². The predicted octanol–water partition coefficient (Wildman–Crippen LogP) is 2.43. The van der Waals surface area contributed by atoms with Gasteiger partial charge in [0.05, 0.1) is 26.0 Å². The van der Waals surface area contributed by atoms with Gasteiger partial charge in [0.25, 0.3) is 0 Å². The van der Waals surface area contributed by atoms with Crippen LogP contribution in [0.25, 0.3) is 0 Å². The Morgan fingerprint density at radius 1 is 1.19 bits per heavy atom. The van der Waals surface area contributed by atoms with Crippen molar-refractivity contribution in [3.05, 3.63) is 24.3 Å². The number of hydrogen-bond donors (Lipinski definition) is 2. The molecule has 7 nitrogen and oxygen atoms in total. The molecule has 174 valence electrons. The van der Waals surface area contributed by atoms with Crippen LogP contribution < -0.4 is 20.3 Å². The molecule has 7 heteroatoms. The quantitative estimate of drug-likeness (QED) is 0.463. The largest absolute Gasteiger partial charge is 0.495 e. The maximum Gasteiger partial charge on any atom is 0.191 e. The summed E-state index contributed by atoms with van der Waals surface area (Å²) in [6.07, 6.45) is 2.35. The second-order valence-corrected chi connectivity index (χ2v) is 9.04. The van der Waals surface area contributed by atoms with Crippen molar-refractivity contribution in [2.75, 3.05) is 71.5 Å². The predicted molar refractivity (Wildman–Crippen MR) is 128 cm³/mol.